The van der Waals surface area contributed by atoms with Gasteiger partial charge in [0.1, 0.15) is 0 Å². The molecule has 0 aliphatic rings. The van der Waals surface area contributed by atoms with Crippen molar-refractivity contribution in [2.24, 2.45) is 10.3 Å². The fourth-order valence-electron chi connectivity index (χ4n) is 5.77. The molecule has 2 unspecified atom stereocenters. The Hall–Kier alpha value is -3.84. The molecule has 4 aromatic carbocycles. The van der Waals surface area contributed by atoms with Gasteiger partial charge in [0, 0.05) is 62.1 Å². The predicted octanol–water partition coefficient (Wildman–Crippen LogP) is 7.84. The quantitative estimate of drug-likeness (QED) is 0.0331. The number of nitrogens with one attached hydrogen (secondary N) is 2. The van der Waals surface area contributed by atoms with E-state index in [-0.39, 0.29) is 12.8 Å². The van der Waals surface area contributed by atoms with E-state index in [4.69, 9.17) is 0 Å². The molecule has 9 nitrogen and oxygen atoms in total. The van der Waals surface area contributed by atoms with Crippen molar-refractivity contribution >= 4 is 56.8 Å². The van der Waals surface area contributed by atoms with Gasteiger partial charge in [0.25, 0.3) is 0 Å². The van der Waals surface area contributed by atoms with Gasteiger partial charge in [0.05, 0.1) is 23.5 Å². The van der Waals surface area contributed by atoms with E-state index in [2.05, 4.69) is 32.8 Å². The molecule has 0 aliphatic heterocycles. The molecule has 1 aromatic heterocycles. The number of fused-ring (bicyclic) bond motifs is 3. The van der Waals surface area contributed by atoms with E-state index >= 15 is 0 Å². The Morgan fingerprint density at radius 3 is 1.38 bits per heavy atom. The minimum atomic E-state index is -0.473. The van der Waals surface area contributed by atoms with Crippen LogP contribution in [0.15, 0.2) is 105 Å². The topological polar surface area (TPSA) is 135 Å². The molecule has 234 valence electrons. The van der Waals surface area contributed by atoms with Crippen LogP contribution in [-0.2, 0) is 6.54 Å². The van der Waals surface area contributed by atoms with Crippen molar-refractivity contribution in [1.29, 1.82) is 0 Å². The second kappa shape index (κ2) is 15.0. The number of nitrogens with zero attached hydrogens (tertiary/aromatic N) is 3. The summed E-state index contributed by atoms with van der Waals surface area (Å²) in [6.07, 6.45) is 4.52. The first-order valence-corrected chi connectivity index (χ1v) is 17.0. The number of oxime groups is 2. The number of hydroxylamine groups is 2. The molecule has 0 spiro atoms. The lowest BCUT2D eigenvalue weighted by Crippen LogP contribution is -2.21. The van der Waals surface area contributed by atoms with Crippen molar-refractivity contribution in [3.63, 3.8) is 0 Å². The van der Waals surface area contributed by atoms with Gasteiger partial charge in [-0.3, -0.25) is 0 Å². The van der Waals surface area contributed by atoms with Crippen LogP contribution < -0.4 is 11.0 Å². The van der Waals surface area contributed by atoms with Crippen LogP contribution >= 0.6 is 23.5 Å². The van der Waals surface area contributed by atoms with E-state index in [0.29, 0.717) is 11.4 Å². The molecule has 0 amide bonds. The second-order valence-electron chi connectivity index (χ2n) is 10.6. The second-order valence-corrected chi connectivity index (χ2v) is 12.4. The van der Waals surface area contributed by atoms with Gasteiger partial charge in [-0.15, -0.1) is 23.5 Å². The minimum Gasteiger partial charge on any atom is -0.411 e. The summed E-state index contributed by atoms with van der Waals surface area (Å²) in [4.78, 5) is 2.23. The first-order valence-electron chi connectivity index (χ1n) is 14.5. The molecule has 0 radical (unpaired) electrons. The molecular weight excluding hydrogens is 607 g/mol. The Kier molecular flexibility index (Phi) is 10.8. The predicted molar refractivity (Wildman–Crippen MR) is 183 cm³/mol. The fourth-order valence-corrected chi connectivity index (χ4v) is 6.59. The van der Waals surface area contributed by atoms with Crippen LogP contribution in [0.2, 0.25) is 0 Å². The van der Waals surface area contributed by atoms with Crippen LogP contribution in [0.1, 0.15) is 54.1 Å². The Balaban J connectivity index is 1.50. The zero-order chi connectivity index (χ0) is 31.9. The van der Waals surface area contributed by atoms with E-state index in [1.165, 1.54) is 0 Å². The van der Waals surface area contributed by atoms with Crippen molar-refractivity contribution < 1.29 is 20.8 Å². The average molecular weight is 644 g/mol. The summed E-state index contributed by atoms with van der Waals surface area (Å²) in [7, 11) is 0. The Bertz CT molecular complexity index is 1690. The Morgan fingerprint density at radius 1 is 0.667 bits per heavy atom. The summed E-state index contributed by atoms with van der Waals surface area (Å²) < 4.78 is 2.21. The summed E-state index contributed by atoms with van der Waals surface area (Å²) >= 11 is 3.28. The monoisotopic (exact) mass is 643 g/mol. The minimum absolute atomic E-state index is 0.254. The van der Waals surface area contributed by atoms with Crippen molar-refractivity contribution in [2.75, 3.05) is 12.5 Å². The van der Waals surface area contributed by atoms with Crippen LogP contribution in [0.25, 0.3) is 21.8 Å². The van der Waals surface area contributed by atoms with Crippen molar-refractivity contribution in [2.45, 2.75) is 48.2 Å². The maximum Gasteiger partial charge on any atom is 0.0887 e. The molecule has 1 heterocycles. The summed E-state index contributed by atoms with van der Waals surface area (Å²) in [6.45, 7) is 2.83. The van der Waals surface area contributed by atoms with E-state index in [1.807, 2.05) is 97.4 Å². The standard InChI is InChI=1S/C34H37N5O4S2/c1-4-39-33-15-9-23(31(37-42)19-29(35-40)21-5-11-25(44-2)12-6-21)17-27(33)28-18-24(10-16-34(28)39)32(38-43)20-30(36-41)22-7-13-26(45-3)14-8-22/h5-18,29-30,35-36,40-43H,4,19-20H2,1-3H3/b37-31+,38-32+. The third kappa shape index (κ3) is 6.89. The van der Waals surface area contributed by atoms with Gasteiger partial charge in [-0.2, -0.15) is 11.0 Å². The molecule has 2 atom stereocenters. The number of rotatable bonds is 13. The summed E-state index contributed by atoms with van der Waals surface area (Å²) in [5, 5.41) is 49.3. The average Bonchev–Trinajstić information content (AvgIpc) is 3.41. The highest BCUT2D eigenvalue weighted by atomic mass is 32.2. The highest BCUT2D eigenvalue weighted by Crippen LogP contribution is 2.33. The zero-order valence-corrected chi connectivity index (χ0v) is 26.9. The molecule has 6 N–H and O–H groups in total. The van der Waals surface area contributed by atoms with Gasteiger partial charge in [-0.25, -0.2) is 0 Å². The van der Waals surface area contributed by atoms with Crippen molar-refractivity contribution in [3.8, 4) is 0 Å². The van der Waals surface area contributed by atoms with E-state index in [1.54, 1.807) is 23.5 Å². The van der Waals surface area contributed by atoms with Crippen molar-refractivity contribution in [3.05, 3.63) is 107 Å². The molecule has 5 aromatic rings. The highest BCUT2D eigenvalue weighted by molar-refractivity contribution is 7.98. The Morgan fingerprint density at radius 2 is 1.07 bits per heavy atom. The van der Waals surface area contributed by atoms with Crippen LogP contribution in [-0.4, -0.2) is 49.3 Å². The summed E-state index contributed by atoms with van der Waals surface area (Å²) in [5.41, 5.74) is 10.8. The van der Waals surface area contributed by atoms with Crippen LogP contribution in [0.3, 0.4) is 0 Å². The number of aryl methyl sites for hydroxylation is 1. The van der Waals surface area contributed by atoms with E-state index < -0.39 is 12.1 Å². The third-order valence-electron chi connectivity index (χ3n) is 8.23. The first-order chi connectivity index (χ1) is 22.0. The van der Waals surface area contributed by atoms with Gasteiger partial charge < -0.3 is 25.4 Å². The largest absolute Gasteiger partial charge is 0.411 e. The smallest absolute Gasteiger partial charge is 0.0887 e. The lowest BCUT2D eigenvalue weighted by atomic mass is 9.95. The molecule has 0 saturated carbocycles. The molecule has 0 aliphatic carbocycles. The molecule has 0 fully saturated rings. The number of hydrogen-bond acceptors (Lipinski definition) is 10. The molecule has 0 bridgehead atoms. The van der Waals surface area contributed by atoms with Gasteiger partial charge in [0.15, 0.2) is 0 Å². The number of benzene rings is 4. The van der Waals surface area contributed by atoms with Gasteiger partial charge in [0.2, 0.25) is 0 Å². The molecule has 5 rings (SSSR count). The molecule has 11 heteroatoms. The SMILES string of the molecule is CCn1c2ccc(/C(CC(NO)c3ccc(SC)cc3)=N/O)cc2c2cc(/C(CC(NO)c3ccc(SC)cc3)=N/O)ccc21. The molecular formula is C34H37N5O4S2. The normalized spacial score (nSPS) is 13.9. The Labute approximate surface area is 270 Å². The third-order valence-corrected chi connectivity index (χ3v) is 9.72. The number of aromatic nitrogens is 1. The molecule has 45 heavy (non-hydrogen) atoms. The fraction of sp³-hybridized carbons (Fsp3) is 0.235. The lowest BCUT2D eigenvalue weighted by molar-refractivity contribution is 0.128. The number of hydrogen-bond donors (Lipinski definition) is 6. The van der Waals surface area contributed by atoms with Crippen molar-refractivity contribution in [1.82, 2.24) is 15.5 Å². The van der Waals surface area contributed by atoms with Crippen LogP contribution in [0.4, 0.5) is 0 Å². The van der Waals surface area contributed by atoms with Crippen LogP contribution in [0.5, 0.6) is 0 Å². The maximum absolute atomic E-state index is 10.1. The lowest BCUT2D eigenvalue weighted by Gasteiger charge is -2.17. The highest BCUT2D eigenvalue weighted by Gasteiger charge is 2.20. The summed E-state index contributed by atoms with van der Waals surface area (Å²) in [6, 6.07) is 26.7. The van der Waals surface area contributed by atoms with E-state index in [0.717, 1.165) is 60.4 Å². The maximum atomic E-state index is 10.1. The summed E-state index contributed by atoms with van der Waals surface area (Å²) in [5.74, 6) is 0. The zero-order valence-electron chi connectivity index (χ0n) is 25.3. The molecule has 0 saturated heterocycles. The number of thioether (sulfide) groups is 2. The first kappa shape index (κ1) is 32.6. The van der Waals surface area contributed by atoms with Crippen LogP contribution in [0, 0.1) is 0 Å². The van der Waals surface area contributed by atoms with Gasteiger partial charge in [-0.1, -0.05) is 46.7 Å². The van der Waals surface area contributed by atoms with E-state index in [9.17, 15) is 20.8 Å². The van der Waals surface area contributed by atoms with Gasteiger partial charge in [-0.05, 0) is 79.1 Å². The van der Waals surface area contributed by atoms with Gasteiger partial charge >= 0.3 is 0 Å².